The van der Waals surface area contributed by atoms with E-state index in [0.29, 0.717) is 26.3 Å². The van der Waals surface area contributed by atoms with Gasteiger partial charge in [0.05, 0.1) is 31.5 Å². The van der Waals surface area contributed by atoms with Crippen LogP contribution in [0.3, 0.4) is 0 Å². The Morgan fingerprint density at radius 3 is 3.35 bits per heavy atom. The second kappa shape index (κ2) is 6.00. The molecule has 0 radical (unpaired) electrons. The Labute approximate surface area is 104 Å². The molecular weight excluding hydrogens is 240 g/mol. The van der Waals surface area contributed by atoms with Crippen molar-refractivity contribution in [2.75, 3.05) is 38.7 Å². The molecular formula is C11H16N2O3S. The third-order valence-electron chi connectivity index (χ3n) is 2.55. The highest BCUT2D eigenvalue weighted by Crippen LogP contribution is 2.14. The van der Waals surface area contributed by atoms with Gasteiger partial charge in [-0.05, 0) is 11.4 Å². The van der Waals surface area contributed by atoms with Crippen molar-refractivity contribution in [2.45, 2.75) is 6.10 Å². The van der Waals surface area contributed by atoms with E-state index in [1.807, 2.05) is 16.8 Å². The zero-order valence-electron chi connectivity index (χ0n) is 9.72. The highest BCUT2D eigenvalue weighted by atomic mass is 32.1. The number of ether oxygens (including phenoxy) is 2. The van der Waals surface area contributed by atoms with E-state index in [2.05, 4.69) is 5.32 Å². The van der Waals surface area contributed by atoms with Crippen LogP contribution in [-0.2, 0) is 9.47 Å². The first-order chi connectivity index (χ1) is 8.29. The van der Waals surface area contributed by atoms with Gasteiger partial charge in [-0.15, -0.1) is 0 Å². The van der Waals surface area contributed by atoms with Crippen molar-refractivity contribution in [3.63, 3.8) is 0 Å². The molecule has 2 amide bonds. The van der Waals surface area contributed by atoms with E-state index < -0.39 is 0 Å². The lowest BCUT2D eigenvalue weighted by atomic mass is 10.3. The van der Waals surface area contributed by atoms with Crippen molar-refractivity contribution in [3.8, 4) is 0 Å². The minimum atomic E-state index is -0.0761. The van der Waals surface area contributed by atoms with Crippen molar-refractivity contribution in [1.29, 1.82) is 0 Å². The number of anilines is 1. The number of nitrogens with zero attached hydrogens (tertiary/aromatic N) is 1. The van der Waals surface area contributed by atoms with Gasteiger partial charge in [0.1, 0.15) is 0 Å². The molecule has 5 nitrogen and oxygen atoms in total. The summed E-state index contributed by atoms with van der Waals surface area (Å²) in [4.78, 5) is 13.7. The monoisotopic (exact) mass is 256 g/mol. The van der Waals surface area contributed by atoms with Gasteiger partial charge in [0.25, 0.3) is 0 Å². The highest BCUT2D eigenvalue weighted by Gasteiger charge is 2.24. The quantitative estimate of drug-likeness (QED) is 0.894. The first-order valence-corrected chi connectivity index (χ1v) is 6.42. The molecule has 1 atom stereocenters. The van der Waals surface area contributed by atoms with Gasteiger partial charge in [-0.3, -0.25) is 0 Å². The first kappa shape index (κ1) is 12.3. The van der Waals surface area contributed by atoms with Crippen molar-refractivity contribution < 1.29 is 14.3 Å². The number of hydrogen-bond donors (Lipinski definition) is 1. The molecule has 0 spiro atoms. The third kappa shape index (κ3) is 3.42. The smallest absolute Gasteiger partial charge is 0.322 e. The predicted molar refractivity (Wildman–Crippen MR) is 66.5 cm³/mol. The van der Waals surface area contributed by atoms with Gasteiger partial charge in [0.15, 0.2) is 0 Å². The Balaban J connectivity index is 1.86. The molecule has 1 aromatic heterocycles. The highest BCUT2D eigenvalue weighted by molar-refractivity contribution is 7.08. The van der Waals surface area contributed by atoms with Gasteiger partial charge in [0.2, 0.25) is 0 Å². The van der Waals surface area contributed by atoms with Gasteiger partial charge in [-0.2, -0.15) is 11.3 Å². The summed E-state index contributed by atoms with van der Waals surface area (Å²) in [7, 11) is 1.63. The van der Waals surface area contributed by atoms with E-state index in [4.69, 9.17) is 9.47 Å². The van der Waals surface area contributed by atoms with Crippen LogP contribution in [0.15, 0.2) is 16.8 Å². The molecule has 1 aromatic rings. The van der Waals surface area contributed by atoms with Crippen LogP contribution >= 0.6 is 11.3 Å². The zero-order chi connectivity index (χ0) is 12.1. The maximum absolute atomic E-state index is 11.9. The van der Waals surface area contributed by atoms with E-state index in [1.165, 1.54) is 0 Å². The van der Waals surface area contributed by atoms with Crippen LogP contribution in [0.5, 0.6) is 0 Å². The Morgan fingerprint density at radius 2 is 2.65 bits per heavy atom. The van der Waals surface area contributed by atoms with Gasteiger partial charge in [-0.25, -0.2) is 4.79 Å². The number of carbonyl (C=O) groups is 1. The maximum atomic E-state index is 11.9. The minimum Gasteiger partial charge on any atom is -0.382 e. The summed E-state index contributed by atoms with van der Waals surface area (Å²) >= 11 is 1.56. The molecule has 1 fully saturated rings. The number of hydrogen-bond acceptors (Lipinski definition) is 4. The summed E-state index contributed by atoms with van der Waals surface area (Å²) in [5.74, 6) is 0. The fraction of sp³-hybridized carbons (Fsp3) is 0.545. The summed E-state index contributed by atoms with van der Waals surface area (Å²) in [5.41, 5.74) is 0.842. The van der Waals surface area contributed by atoms with E-state index in [0.717, 1.165) is 5.69 Å². The molecule has 1 N–H and O–H groups in total. The second-order valence-electron chi connectivity index (χ2n) is 3.84. The Kier molecular flexibility index (Phi) is 4.36. The van der Waals surface area contributed by atoms with Crippen LogP contribution in [-0.4, -0.2) is 50.4 Å². The second-order valence-corrected chi connectivity index (χ2v) is 4.62. The van der Waals surface area contributed by atoms with Crippen molar-refractivity contribution in [3.05, 3.63) is 16.8 Å². The molecule has 1 aliphatic heterocycles. The van der Waals surface area contributed by atoms with Crippen LogP contribution in [0.2, 0.25) is 0 Å². The average molecular weight is 256 g/mol. The number of carbonyl (C=O) groups excluding carboxylic acids is 1. The Morgan fingerprint density at radius 1 is 1.76 bits per heavy atom. The van der Waals surface area contributed by atoms with E-state index >= 15 is 0 Å². The van der Waals surface area contributed by atoms with Gasteiger partial charge in [-0.1, -0.05) is 0 Å². The van der Waals surface area contributed by atoms with Gasteiger partial charge >= 0.3 is 6.03 Å². The zero-order valence-corrected chi connectivity index (χ0v) is 10.5. The lowest BCUT2D eigenvalue weighted by molar-refractivity contribution is -0.0481. The fourth-order valence-electron chi connectivity index (χ4n) is 1.73. The molecule has 0 saturated carbocycles. The molecule has 94 valence electrons. The molecule has 2 heterocycles. The lowest BCUT2D eigenvalue weighted by Gasteiger charge is -2.32. The third-order valence-corrected chi connectivity index (χ3v) is 3.23. The Bertz CT molecular complexity index is 354. The van der Waals surface area contributed by atoms with E-state index in [9.17, 15) is 4.79 Å². The molecule has 2 rings (SSSR count). The lowest BCUT2D eigenvalue weighted by Crippen LogP contribution is -2.48. The molecule has 0 aromatic carbocycles. The summed E-state index contributed by atoms with van der Waals surface area (Å²) < 4.78 is 10.5. The fourth-order valence-corrected chi connectivity index (χ4v) is 2.32. The minimum absolute atomic E-state index is 0.0259. The summed E-state index contributed by atoms with van der Waals surface area (Å²) in [6, 6.07) is 1.81. The molecule has 1 unspecified atom stereocenters. The van der Waals surface area contributed by atoms with Crippen molar-refractivity contribution in [2.24, 2.45) is 0 Å². The molecule has 1 saturated heterocycles. The van der Waals surface area contributed by atoms with Crippen molar-refractivity contribution >= 4 is 23.1 Å². The molecule has 0 aliphatic carbocycles. The molecule has 6 heteroatoms. The number of urea groups is 1. The largest absolute Gasteiger partial charge is 0.382 e. The molecule has 17 heavy (non-hydrogen) atoms. The van der Waals surface area contributed by atoms with Crippen LogP contribution < -0.4 is 5.32 Å². The van der Waals surface area contributed by atoms with E-state index in [1.54, 1.807) is 23.3 Å². The van der Waals surface area contributed by atoms with E-state index in [-0.39, 0.29) is 12.1 Å². The van der Waals surface area contributed by atoms with Crippen LogP contribution in [0.1, 0.15) is 0 Å². The number of amides is 2. The van der Waals surface area contributed by atoms with Crippen molar-refractivity contribution in [1.82, 2.24) is 4.90 Å². The first-order valence-electron chi connectivity index (χ1n) is 5.48. The van der Waals surface area contributed by atoms with Gasteiger partial charge < -0.3 is 19.7 Å². The number of nitrogens with one attached hydrogen (secondary N) is 1. The average Bonchev–Trinajstić information content (AvgIpc) is 2.83. The van der Waals surface area contributed by atoms with Gasteiger partial charge in [0, 0.05) is 19.0 Å². The SMILES string of the molecule is COCC1CN(C(=O)Nc2ccsc2)CCO1. The number of methoxy groups -OCH3 is 1. The number of morpholine rings is 1. The predicted octanol–water partition coefficient (Wildman–Crippen LogP) is 1.63. The standard InChI is InChI=1S/C11H16N2O3S/c1-15-7-10-6-13(3-4-16-10)11(14)12-9-2-5-17-8-9/h2,5,8,10H,3-4,6-7H2,1H3,(H,12,14). The molecule has 1 aliphatic rings. The topological polar surface area (TPSA) is 50.8 Å². The van der Waals surface area contributed by atoms with Crippen LogP contribution in [0.25, 0.3) is 0 Å². The summed E-state index contributed by atoms with van der Waals surface area (Å²) in [6.07, 6.45) is -0.0259. The summed E-state index contributed by atoms with van der Waals surface area (Å²) in [5, 5.41) is 6.70. The maximum Gasteiger partial charge on any atom is 0.322 e. The van der Waals surface area contributed by atoms with Crippen LogP contribution in [0, 0.1) is 0 Å². The number of rotatable bonds is 3. The Hall–Kier alpha value is -1.11. The molecule has 0 bridgehead atoms. The normalized spacial score (nSPS) is 20.3. The number of thiophene rings is 1. The van der Waals surface area contributed by atoms with Crippen LogP contribution in [0.4, 0.5) is 10.5 Å². The summed E-state index contributed by atoms with van der Waals surface area (Å²) in [6.45, 7) is 2.27.